The summed E-state index contributed by atoms with van der Waals surface area (Å²) in [7, 11) is -1.94. The zero-order valence-corrected chi connectivity index (χ0v) is 19.4. The molecule has 0 amide bonds. The minimum Gasteiger partial charge on any atom is -0.356 e. The number of para-hydroxylation sites is 1. The summed E-state index contributed by atoms with van der Waals surface area (Å²) in [5, 5.41) is 12.9. The van der Waals surface area contributed by atoms with E-state index in [-0.39, 0.29) is 28.9 Å². The Morgan fingerprint density at radius 1 is 1.07 bits per heavy atom. The number of benzene rings is 2. The number of primary sulfonamides is 1. The first kappa shape index (κ1) is 23.2. The molecule has 0 atom stereocenters. The van der Waals surface area contributed by atoms with Crippen LogP contribution in [0, 0.1) is 0 Å². The lowest BCUT2D eigenvalue weighted by atomic mass is 10.2. The first-order valence-corrected chi connectivity index (χ1v) is 10.6. The lowest BCUT2D eigenvalue weighted by Crippen LogP contribution is -2.37. The van der Waals surface area contributed by atoms with Gasteiger partial charge in [0, 0.05) is 38.4 Å². The summed E-state index contributed by atoms with van der Waals surface area (Å²) in [6.45, 7) is 2.25. The largest absolute Gasteiger partial charge is 0.356 e. The molecule has 2 aromatic carbocycles. The van der Waals surface area contributed by atoms with E-state index in [1.54, 1.807) is 19.2 Å². The Hall–Kier alpha value is -2.11. The molecule has 0 unspecified atom stereocenters. The third-order valence-electron chi connectivity index (χ3n) is 4.48. The van der Waals surface area contributed by atoms with Crippen LogP contribution >= 0.6 is 24.0 Å². The maximum Gasteiger partial charge on any atom is 0.238 e. The van der Waals surface area contributed by atoms with Gasteiger partial charge < -0.3 is 15.2 Å². The van der Waals surface area contributed by atoms with Gasteiger partial charge in [-0.2, -0.15) is 0 Å². The number of hydrogen-bond donors (Lipinski definition) is 3. The van der Waals surface area contributed by atoms with Crippen LogP contribution in [-0.4, -0.2) is 32.5 Å². The molecule has 9 heteroatoms. The number of aliphatic imine (C=N–C) groups is 1. The molecule has 0 saturated carbocycles. The summed E-state index contributed by atoms with van der Waals surface area (Å²) in [6.07, 6.45) is 3.07. The SMILES string of the molecule is CN=C(NCCCn1ccc2ccccc21)NCc1ccc(S(N)(=O)=O)cc1.I. The van der Waals surface area contributed by atoms with Crippen LogP contribution < -0.4 is 15.8 Å². The number of nitrogens with one attached hydrogen (secondary N) is 2. The van der Waals surface area contributed by atoms with Gasteiger partial charge >= 0.3 is 0 Å². The molecule has 156 valence electrons. The lowest BCUT2D eigenvalue weighted by Gasteiger charge is -2.12. The monoisotopic (exact) mass is 527 g/mol. The summed E-state index contributed by atoms with van der Waals surface area (Å²) >= 11 is 0. The van der Waals surface area contributed by atoms with Gasteiger partial charge in [-0.15, -0.1) is 24.0 Å². The molecule has 0 aliphatic heterocycles. The van der Waals surface area contributed by atoms with Gasteiger partial charge in [0.1, 0.15) is 0 Å². The van der Waals surface area contributed by atoms with Crippen molar-refractivity contribution in [3.8, 4) is 0 Å². The lowest BCUT2D eigenvalue weighted by molar-refractivity contribution is 0.597. The molecule has 3 rings (SSSR count). The molecule has 0 radical (unpaired) electrons. The van der Waals surface area contributed by atoms with Crippen molar-refractivity contribution in [3.63, 3.8) is 0 Å². The Kier molecular flexibility index (Phi) is 8.47. The zero-order chi connectivity index (χ0) is 20.0. The van der Waals surface area contributed by atoms with E-state index in [9.17, 15) is 8.42 Å². The Bertz CT molecular complexity index is 1060. The fourth-order valence-corrected chi connectivity index (χ4v) is 3.51. The van der Waals surface area contributed by atoms with Gasteiger partial charge in [0.25, 0.3) is 0 Å². The summed E-state index contributed by atoms with van der Waals surface area (Å²) in [6, 6.07) is 17.0. The molecule has 0 bridgehead atoms. The summed E-state index contributed by atoms with van der Waals surface area (Å²) in [4.78, 5) is 4.32. The van der Waals surface area contributed by atoms with Crippen LogP contribution in [0.2, 0.25) is 0 Å². The van der Waals surface area contributed by atoms with Crippen molar-refractivity contribution >= 4 is 50.9 Å². The first-order valence-electron chi connectivity index (χ1n) is 9.07. The van der Waals surface area contributed by atoms with Crippen molar-refractivity contribution in [2.45, 2.75) is 24.4 Å². The summed E-state index contributed by atoms with van der Waals surface area (Å²) in [5.41, 5.74) is 2.18. The highest BCUT2D eigenvalue weighted by Crippen LogP contribution is 2.15. The van der Waals surface area contributed by atoms with Crippen LogP contribution in [0.1, 0.15) is 12.0 Å². The predicted octanol–water partition coefficient (Wildman–Crippen LogP) is 2.66. The second-order valence-corrected chi connectivity index (χ2v) is 8.02. The topological polar surface area (TPSA) is 102 Å². The van der Waals surface area contributed by atoms with Crippen molar-refractivity contribution in [2.75, 3.05) is 13.6 Å². The maximum atomic E-state index is 11.3. The van der Waals surface area contributed by atoms with Crippen LogP contribution in [0.15, 0.2) is 70.7 Å². The molecule has 4 N–H and O–H groups in total. The van der Waals surface area contributed by atoms with E-state index in [0.717, 1.165) is 25.1 Å². The molecular weight excluding hydrogens is 501 g/mol. The van der Waals surface area contributed by atoms with Crippen molar-refractivity contribution < 1.29 is 8.42 Å². The minimum absolute atomic E-state index is 0. The number of aryl methyl sites for hydroxylation is 1. The molecular formula is C20H26IN5O2S. The fourth-order valence-electron chi connectivity index (χ4n) is 3.00. The van der Waals surface area contributed by atoms with Gasteiger partial charge in [0.15, 0.2) is 5.96 Å². The minimum atomic E-state index is -3.66. The van der Waals surface area contributed by atoms with E-state index < -0.39 is 10.0 Å². The number of sulfonamides is 1. The van der Waals surface area contributed by atoms with Crippen LogP contribution in [0.5, 0.6) is 0 Å². The molecule has 0 spiro atoms. The molecule has 1 heterocycles. The van der Waals surface area contributed by atoms with Gasteiger partial charge in [-0.3, -0.25) is 4.99 Å². The second-order valence-electron chi connectivity index (χ2n) is 6.46. The molecule has 29 heavy (non-hydrogen) atoms. The van der Waals surface area contributed by atoms with Crippen LogP contribution in [-0.2, 0) is 23.1 Å². The van der Waals surface area contributed by atoms with Crippen molar-refractivity contribution in [1.29, 1.82) is 0 Å². The molecule has 0 aliphatic carbocycles. The second kappa shape index (κ2) is 10.6. The van der Waals surface area contributed by atoms with E-state index in [2.05, 4.69) is 50.7 Å². The smallest absolute Gasteiger partial charge is 0.238 e. The zero-order valence-electron chi connectivity index (χ0n) is 16.2. The molecule has 3 aromatic rings. The Balaban J connectivity index is 0.00000300. The highest BCUT2D eigenvalue weighted by molar-refractivity contribution is 14.0. The van der Waals surface area contributed by atoms with Gasteiger partial charge in [-0.05, 0) is 41.6 Å². The van der Waals surface area contributed by atoms with Crippen molar-refractivity contribution in [3.05, 3.63) is 66.4 Å². The molecule has 0 saturated heterocycles. The third kappa shape index (κ3) is 6.44. The van der Waals surface area contributed by atoms with E-state index >= 15 is 0 Å². The molecule has 0 aliphatic rings. The standard InChI is InChI=1S/C20H25N5O2S.HI/c1-22-20(24-15-16-7-9-18(10-8-16)28(21,26)27)23-12-4-13-25-14-11-17-5-2-3-6-19(17)25;/h2-3,5-11,14H,4,12-13,15H2,1H3,(H2,21,26,27)(H2,22,23,24);1H. The van der Waals surface area contributed by atoms with E-state index in [1.807, 2.05) is 6.07 Å². The van der Waals surface area contributed by atoms with E-state index in [1.165, 1.54) is 23.0 Å². The molecule has 7 nitrogen and oxygen atoms in total. The Morgan fingerprint density at radius 3 is 2.48 bits per heavy atom. The fraction of sp³-hybridized carbons (Fsp3) is 0.250. The number of fused-ring (bicyclic) bond motifs is 1. The van der Waals surface area contributed by atoms with Crippen LogP contribution in [0.4, 0.5) is 0 Å². The van der Waals surface area contributed by atoms with Crippen molar-refractivity contribution in [1.82, 2.24) is 15.2 Å². The average molecular weight is 527 g/mol. The van der Waals surface area contributed by atoms with Crippen LogP contribution in [0.25, 0.3) is 10.9 Å². The van der Waals surface area contributed by atoms with E-state index in [4.69, 9.17) is 5.14 Å². The van der Waals surface area contributed by atoms with Crippen LogP contribution in [0.3, 0.4) is 0 Å². The van der Waals surface area contributed by atoms with Gasteiger partial charge in [0.2, 0.25) is 10.0 Å². The number of hydrogen-bond acceptors (Lipinski definition) is 3. The Morgan fingerprint density at radius 2 is 1.79 bits per heavy atom. The number of rotatable bonds is 7. The van der Waals surface area contributed by atoms with Gasteiger partial charge in [-0.25, -0.2) is 13.6 Å². The highest BCUT2D eigenvalue weighted by Gasteiger charge is 2.07. The number of halogens is 1. The average Bonchev–Trinajstić information content (AvgIpc) is 3.10. The predicted molar refractivity (Wildman–Crippen MR) is 128 cm³/mol. The third-order valence-corrected chi connectivity index (χ3v) is 5.41. The van der Waals surface area contributed by atoms with Gasteiger partial charge in [-0.1, -0.05) is 30.3 Å². The number of nitrogens with two attached hydrogens (primary N) is 1. The summed E-state index contributed by atoms with van der Waals surface area (Å²) < 4.78 is 24.8. The molecule has 1 aromatic heterocycles. The number of nitrogens with zero attached hydrogens (tertiary/aromatic N) is 2. The first-order chi connectivity index (χ1) is 13.5. The number of aromatic nitrogens is 1. The normalized spacial score (nSPS) is 11.9. The maximum absolute atomic E-state index is 11.3. The molecule has 0 fully saturated rings. The number of guanidine groups is 1. The Labute approximate surface area is 188 Å². The van der Waals surface area contributed by atoms with E-state index in [0.29, 0.717) is 12.5 Å². The summed E-state index contributed by atoms with van der Waals surface area (Å²) in [5.74, 6) is 0.702. The highest BCUT2D eigenvalue weighted by atomic mass is 127. The van der Waals surface area contributed by atoms with Gasteiger partial charge in [0.05, 0.1) is 4.90 Å². The quantitative estimate of drug-likeness (QED) is 0.190. The van der Waals surface area contributed by atoms with Crippen molar-refractivity contribution in [2.24, 2.45) is 10.1 Å².